The highest BCUT2D eigenvalue weighted by molar-refractivity contribution is 8.07. The fourth-order valence-electron chi connectivity index (χ4n) is 3.15. The Morgan fingerprint density at radius 3 is 2.84 bits per heavy atom. The molecule has 0 spiro atoms. The minimum Gasteiger partial charge on any atom is -0.477 e. The molecule has 3 rings (SSSR count). The predicted molar refractivity (Wildman–Crippen MR) is 97.9 cm³/mol. The van der Waals surface area contributed by atoms with Crippen LogP contribution in [0.15, 0.2) is 12.3 Å². The standard InChI is InChI=1S/C16H20ClF3N2OS2/c17-11-8-10(16(18,19)20)9-22-15(11)23-5-1-4-21-12-2-3-13-14(12)25-7-6-24-13/h8-9,12-14,21H,1-7H2/t12-,13-,14-/m1/s1. The number of thioether (sulfide) groups is 2. The molecule has 3 nitrogen and oxygen atoms in total. The summed E-state index contributed by atoms with van der Waals surface area (Å²) in [5.74, 6) is 2.54. The summed E-state index contributed by atoms with van der Waals surface area (Å²) < 4.78 is 43.1. The van der Waals surface area contributed by atoms with Crippen LogP contribution in [0.3, 0.4) is 0 Å². The van der Waals surface area contributed by atoms with Crippen molar-refractivity contribution in [2.45, 2.75) is 42.0 Å². The highest BCUT2D eigenvalue weighted by Gasteiger charge is 2.38. The van der Waals surface area contributed by atoms with Gasteiger partial charge in [-0.25, -0.2) is 4.98 Å². The second-order valence-electron chi connectivity index (χ2n) is 6.09. The van der Waals surface area contributed by atoms with Gasteiger partial charge < -0.3 is 10.1 Å². The number of alkyl halides is 3. The van der Waals surface area contributed by atoms with Gasteiger partial charge in [0.05, 0.1) is 12.2 Å². The van der Waals surface area contributed by atoms with Crippen molar-refractivity contribution in [1.82, 2.24) is 10.3 Å². The molecule has 1 aliphatic heterocycles. The van der Waals surface area contributed by atoms with Gasteiger partial charge in [0.1, 0.15) is 5.02 Å². The van der Waals surface area contributed by atoms with E-state index in [0.717, 1.165) is 30.5 Å². The Bertz CT molecular complexity index is 591. The van der Waals surface area contributed by atoms with Gasteiger partial charge in [0, 0.05) is 34.2 Å². The fraction of sp³-hybridized carbons (Fsp3) is 0.688. The zero-order chi connectivity index (χ0) is 17.9. The molecular weight excluding hydrogens is 393 g/mol. The second kappa shape index (κ2) is 8.59. The highest BCUT2D eigenvalue weighted by atomic mass is 35.5. The van der Waals surface area contributed by atoms with E-state index >= 15 is 0 Å². The van der Waals surface area contributed by atoms with Gasteiger partial charge in [-0.3, -0.25) is 0 Å². The normalized spacial score (nSPS) is 26.5. The van der Waals surface area contributed by atoms with Gasteiger partial charge in [-0.05, 0) is 31.9 Å². The monoisotopic (exact) mass is 412 g/mol. The Hall–Kier alpha value is -0.310. The lowest BCUT2D eigenvalue weighted by Crippen LogP contribution is -2.39. The predicted octanol–water partition coefficient (Wildman–Crippen LogP) is 4.49. The van der Waals surface area contributed by atoms with Crippen molar-refractivity contribution >= 4 is 35.1 Å². The van der Waals surface area contributed by atoms with Crippen LogP contribution in [-0.2, 0) is 6.18 Å². The van der Waals surface area contributed by atoms with Crippen molar-refractivity contribution in [3.05, 3.63) is 22.8 Å². The lowest BCUT2D eigenvalue weighted by atomic mass is 10.2. The first kappa shape index (κ1) is 19.5. The molecule has 2 fully saturated rings. The van der Waals surface area contributed by atoms with Crippen LogP contribution < -0.4 is 10.1 Å². The minimum absolute atomic E-state index is 0.0508. The molecule has 1 saturated carbocycles. The smallest absolute Gasteiger partial charge is 0.417 e. The highest BCUT2D eigenvalue weighted by Crippen LogP contribution is 2.42. The van der Waals surface area contributed by atoms with Crippen molar-refractivity contribution < 1.29 is 17.9 Å². The lowest BCUT2D eigenvalue weighted by molar-refractivity contribution is -0.137. The van der Waals surface area contributed by atoms with Gasteiger partial charge >= 0.3 is 6.18 Å². The molecule has 1 aliphatic carbocycles. The van der Waals surface area contributed by atoms with Gasteiger partial charge in [-0.1, -0.05) is 11.6 Å². The van der Waals surface area contributed by atoms with Crippen LogP contribution in [-0.4, -0.2) is 46.2 Å². The maximum atomic E-state index is 12.6. The summed E-state index contributed by atoms with van der Waals surface area (Å²) >= 11 is 9.99. The Morgan fingerprint density at radius 2 is 2.08 bits per heavy atom. The van der Waals surface area contributed by atoms with Gasteiger partial charge in [0.2, 0.25) is 5.88 Å². The zero-order valence-corrected chi connectivity index (χ0v) is 15.9. The van der Waals surface area contributed by atoms with E-state index in [9.17, 15) is 13.2 Å². The van der Waals surface area contributed by atoms with Crippen molar-refractivity contribution in [2.75, 3.05) is 24.7 Å². The molecule has 0 aromatic carbocycles. The van der Waals surface area contributed by atoms with E-state index in [-0.39, 0.29) is 10.9 Å². The average Bonchev–Trinajstić information content (AvgIpc) is 2.98. The number of pyridine rings is 1. The maximum absolute atomic E-state index is 12.6. The molecule has 1 aromatic heterocycles. The number of hydrogen-bond acceptors (Lipinski definition) is 5. The van der Waals surface area contributed by atoms with E-state index in [1.165, 1.54) is 24.3 Å². The molecule has 25 heavy (non-hydrogen) atoms. The average molecular weight is 413 g/mol. The van der Waals surface area contributed by atoms with Gasteiger partial charge in [0.25, 0.3) is 0 Å². The van der Waals surface area contributed by atoms with Crippen LogP contribution >= 0.6 is 35.1 Å². The first-order valence-electron chi connectivity index (χ1n) is 8.27. The minimum atomic E-state index is -4.45. The van der Waals surface area contributed by atoms with Crippen LogP contribution in [0, 0.1) is 0 Å². The summed E-state index contributed by atoms with van der Waals surface area (Å²) in [6, 6.07) is 1.40. The van der Waals surface area contributed by atoms with Crippen LogP contribution in [0.5, 0.6) is 5.88 Å². The van der Waals surface area contributed by atoms with Crippen LogP contribution in [0.4, 0.5) is 13.2 Å². The summed E-state index contributed by atoms with van der Waals surface area (Å²) in [5, 5.41) is 4.96. The molecule has 3 atom stereocenters. The summed E-state index contributed by atoms with van der Waals surface area (Å²) in [6.45, 7) is 1.19. The van der Waals surface area contributed by atoms with E-state index in [1.54, 1.807) is 0 Å². The number of halogens is 4. The second-order valence-corrected chi connectivity index (χ2v) is 9.13. The number of aromatic nitrogens is 1. The fourth-order valence-corrected chi connectivity index (χ4v) is 6.68. The number of nitrogens with one attached hydrogen (secondary N) is 1. The number of rotatable bonds is 6. The maximum Gasteiger partial charge on any atom is 0.417 e. The Balaban J connectivity index is 1.39. The first-order valence-corrected chi connectivity index (χ1v) is 10.7. The van der Waals surface area contributed by atoms with E-state index in [0.29, 0.717) is 17.9 Å². The van der Waals surface area contributed by atoms with Gasteiger partial charge in [-0.2, -0.15) is 36.7 Å². The van der Waals surface area contributed by atoms with E-state index in [1.807, 2.05) is 0 Å². The molecule has 0 amide bonds. The molecule has 0 radical (unpaired) electrons. The molecule has 1 saturated heterocycles. The van der Waals surface area contributed by atoms with Gasteiger partial charge in [0.15, 0.2) is 0 Å². The Kier molecular flexibility index (Phi) is 6.68. The molecule has 1 aromatic rings. The topological polar surface area (TPSA) is 34.1 Å². The lowest BCUT2D eigenvalue weighted by Gasteiger charge is -2.28. The third kappa shape index (κ3) is 5.11. The van der Waals surface area contributed by atoms with Crippen LogP contribution in [0.2, 0.25) is 5.02 Å². The summed E-state index contributed by atoms with van der Waals surface area (Å²) in [5.41, 5.74) is -0.870. The number of fused-ring (bicyclic) bond motifs is 1. The van der Waals surface area contributed by atoms with Crippen molar-refractivity contribution in [1.29, 1.82) is 0 Å². The quantitative estimate of drug-likeness (QED) is 0.696. The molecule has 2 aliphatic rings. The Morgan fingerprint density at radius 1 is 1.28 bits per heavy atom. The van der Waals surface area contributed by atoms with Crippen LogP contribution in [0.1, 0.15) is 24.8 Å². The van der Waals surface area contributed by atoms with Crippen molar-refractivity contribution in [3.8, 4) is 5.88 Å². The molecule has 1 N–H and O–H groups in total. The largest absolute Gasteiger partial charge is 0.477 e. The third-order valence-electron chi connectivity index (χ3n) is 4.35. The molecule has 2 heterocycles. The summed E-state index contributed by atoms with van der Waals surface area (Å²) in [7, 11) is 0. The number of nitrogens with zero attached hydrogens (tertiary/aromatic N) is 1. The molecule has 140 valence electrons. The van der Waals surface area contributed by atoms with E-state index in [4.69, 9.17) is 16.3 Å². The third-order valence-corrected chi connectivity index (χ3v) is 7.93. The summed E-state index contributed by atoms with van der Waals surface area (Å²) in [4.78, 5) is 3.67. The molecule has 0 unspecified atom stereocenters. The van der Waals surface area contributed by atoms with E-state index in [2.05, 4.69) is 33.8 Å². The first-order chi connectivity index (χ1) is 11.9. The van der Waals surface area contributed by atoms with Gasteiger partial charge in [-0.15, -0.1) is 0 Å². The van der Waals surface area contributed by atoms with Crippen molar-refractivity contribution in [3.63, 3.8) is 0 Å². The zero-order valence-electron chi connectivity index (χ0n) is 13.5. The SMILES string of the molecule is FC(F)(F)c1cnc(OCCCN[C@@H]2CC[C@H]3SCCS[C@H]23)c(Cl)c1. The van der Waals surface area contributed by atoms with Crippen molar-refractivity contribution in [2.24, 2.45) is 0 Å². The Labute approximate surface area is 158 Å². The number of ether oxygens (including phenoxy) is 1. The molecule has 0 bridgehead atoms. The summed E-state index contributed by atoms with van der Waals surface area (Å²) in [6.07, 6.45) is -0.460. The number of hydrogen-bond donors (Lipinski definition) is 1. The molecular formula is C16H20ClF3N2OS2. The van der Waals surface area contributed by atoms with E-state index < -0.39 is 11.7 Å². The molecule has 9 heteroatoms. The van der Waals surface area contributed by atoms with Crippen LogP contribution in [0.25, 0.3) is 0 Å².